The van der Waals surface area contributed by atoms with Gasteiger partial charge in [-0.3, -0.25) is 9.89 Å². The Balaban J connectivity index is 1.92. The maximum atomic E-state index is 6.02. The van der Waals surface area contributed by atoms with Crippen LogP contribution in [0, 0.1) is 5.92 Å². The Labute approximate surface area is 138 Å². The smallest absolute Gasteiger partial charge is 0.193 e. The molecule has 128 valence electrons. The second-order valence-electron chi connectivity index (χ2n) is 6.04. The van der Waals surface area contributed by atoms with Crippen molar-refractivity contribution in [1.29, 1.82) is 0 Å². The van der Waals surface area contributed by atoms with Gasteiger partial charge in [0.2, 0.25) is 0 Å². The van der Waals surface area contributed by atoms with Crippen LogP contribution >= 0.6 is 0 Å². The van der Waals surface area contributed by atoms with Gasteiger partial charge in [-0.05, 0) is 30.2 Å². The summed E-state index contributed by atoms with van der Waals surface area (Å²) in [6.07, 6.45) is 0. The fourth-order valence-electron chi connectivity index (χ4n) is 2.71. The van der Waals surface area contributed by atoms with Crippen LogP contribution in [0.3, 0.4) is 0 Å². The van der Waals surface area contributed by atoms with Crippen LogP contribution in [0.2, 0.25) is 0 Å². The van der Waals surface area contributed by atoms with E-state index in [-0.39, 0.29) is 0 Å². The largest absolute Gasteiger partial charge is 0.497 e. The van der Waals surface area contributed by atoms with Crippen molar-refractivity contribution in [3.05, 3.63) is 24.3 Å². The summed E-state index contributed by atoms with van der Waals surface area (Å²) in [7, 11) is 1.65. The highest BCUT2D eigenvalue weighted by Crippen LogP contribution is 2.15. The molecule has 6 heteroatoms. The summed E-state index contributed by atoms with van der Waals surface area (Å²) in [6.45, 7) is 8.66. The second kappa shape index (κ2) is 8.74. The zero-order valence-electron chi connectivity index (χ0n) is 14.3. The molecule has 1 aromatic rings. The lowest BCUT2D eigenvalue weighted by Crippen LogP contribution is -2.47. The molecule has 1 aromatic carbocycles. The molecule has 0 aromatic heterocycles. The maximum absolute atomic E-state index is 6.02. The molecule has 1 fully saturated rings. The highest BCUT2D eigenvalue weighted by atomic mass is 16.5. The van der Waals surface area contributed by atoms with Gasteiger partial charge in [-0.1, -0.05) is 13.8 Å². The van der Waals surface area contributed by atoms with E-state index in [2.05, 4.69) is 29.1 Å². The van der Waals surface area contributed by atoms with Crippen molar-refractivity contribution in [3.63, 3.8) is 0 Å². The average molecular weight is 320 g/mol. The molecular weight excluding hydrogens is 292 g/mol. The quantitative estimate of drug-likeness (QED) is 0.617. The molecule has 0 amide bonds. The molecule has 6 nitrogen and oxygen atoms in total. The van der Waals surface area contributed by atoms with Crippen molar-refractivity contribution < 1.29 is 9.47 Å². The number of hydrogen-bond acceptors (Lipinski definition) is 4. The average Bonchev–Trinajstić information content (AvgIpc) is 2.56. The van der Waals surface area contributed by atoms with Crippen LogP contribution in [-0.4, -0.2) is 56.9 Å². The Hall–Kier alpha value is -1.79. The van der Waals surface area contributed by atoms with E-state index in [0.717, 1.165) is 37.7 Å². The van der Waals surface area contributed by atoms with E-state index in [1.807, 2.05) is 24.3 Å². The normalized spacial score (nSPS) is 18.0. The van der Waals surface area contributed by atoms with E-state index in [1.165, 1.54) is 0 Å². The van der Waals surface area contributed by atoms with Crippen LogP contribution in [-0.2, 0) is 4.74 Å². The summed E-state index contributed by atoms with van der Waals surface area (Å²) in [4.78, 5) is 6.97. The van der Waals surface area contributed by atoms with Gasteiger partial charge in [0.05, 0.1) is 26.9 Å². The molecule has 0 saturated carbocycles. The third-order valence-corrected chi connectivity index (χ3v) is 4.10. The minimum atomic E-state index is 0.384. The summed E-state index contributed by atoms with van der Waals surface area (Å²) in [5.41, 5.74) is 6.92. The van der Waals surface area contributed by atoms with Crippen LogP contribution in [0.1, 0.15) is 13.8 Å². The molecule has 0 bridgehead atoms. The van der Waals surface area contributed by atoms with Gasteiger partial charge in [0.25, 0.3) is 0 Å². The fourth-order valence-corrected chi connectivity index (χ4v) is 2.71. The molecule has 0 radical (unpaired) electrons. The number of guanidine groups is 1. The van der Waals surface area contributed by atoms with E-state index in [1.54, 1.807) is 7.11 Å². The predicted molar refractivity (Wildman–Crippen MR) is 94.1 cm³/mol. The molecule has 0 aliphatic carbocycles. The first-order chi connectivity index (χ1) is 11.1. The Bertz CT molecular complexity index is 496. The third kappa shape index (κ3) is 5.41. The first-order valence-corrected chi connectivity index (χ1v) is 8.13. The summed E-state index contributed by atoms with van der Waals surface area (Å²) in [6, 6.07) is 8.00. The number of nitrogens with two attached hydrogens (primary N) is 1. The summed E-state index contributed by atoms with van der Waals surface area (Å²) < 4.78 is 10.6. The standard InChI is InChI=1S/C17H28N4O2/c1-13(2)16(21-8-10-23-11-9-21)12-19-17(18)20-14-4-6-15(22-3)7-5-14/h4-7,13,16H,8-12H2,1-3H3,(H3,18,19,20). The zero-order chi connectivity index (χ0) is 16.7. The van der Waals surface area contributed by atoms with Gasteiger partial charge in [-0.15, -0.1) is 0 Å². The number of benzene rings is 1. The SMILES string of the molecule is COc1ccc(NC(N)=NCC(C(C)C)N2CCOCC2)cc1. The molecule has 1 unspecified atom stereocenters. The Morgan fingerprint density at radius 3 is 2.52 bits per heavy atom. The first kappa shape index (κ1) is 17.6. The molecule has 1 aliphatic heterocycles. The van der Waals surface area contributed by atoms with Gasteiger partial charge >= 0.3 is 0 Å². The molecule has 1 heterocycles. The number of morpholine rings is 1. The Kier molecular flexibility index (Phi) is 6.67. The van der Waals surface area contributed by atoms with E-state index in [0.29, 0.717) is 24.5 Å². The van der Waals surface area contributed by atoms with Crippen molar-refractivity contribution in [3.8, 4) is 5.75 Å². The van der Waals surface area contributed by atoms with Crippen LogP contribution < -0.4 is 15.8 Å². The number of nitrogens with zero attached hydrogens (tertiary/aromatic N) is 2. The number of nitrogens with one attached hydrogen (secondary N) is 1. The van der Waals surface area contributed by atoms with Crippen molar-refractivity contribution in [1.82, 2.24) is 4.90 Å². The lowest BCUT2D eigenvalue weighted by molar-refractivity contribution is 0.00870. The van der Waals surface area contributed by atoms with E-state index >= 15 is 0 Å². The molecule has 1 aliphatic rings. The molecule has 23 heavy (non-hydrogen) atoms. The van der Waals surface area contributed by atoms with E-state index < -0.39 is 0 Å². The highest BCUT2D eigenvalue weighted by Gasteiger charge is 2.23. The van der Waals surface area contributed by atoms with Crippen molar-refractivity contribution >= 4 is 11.6 Å². The molecule has 0 spiro atoms. The minimum Gasteiger partial charge on any atom is -0.497 e. The second-order valence-corrected chi connectivity index (χ2v) is 6.04. The highest BCUT2D eigenvalue weighted by molar-refractivity contribution is 5.92. The van der Waals surface area contributed by atoms with Gasteiger partial charge < -0.3 is 20.5 Å². The zero-order valence-corrected chi connectivity index (χ0v) is 14.3. The summed E-state index contributed by atoms with van der Waals surface area (Å²) >= 11 is 0. The van der Waals surface area contributed by atoms with Gasteiger partial charge in [0.1, 0.15) is 5.75 Å². The van der Waals surface area contributed by atoms with E-state index in [9.17, 15) is 0 Å². The first-order valence-electron chi connectivity index (χ1n) is 8.13. The minimum absolute atomic E-state index is 0.384. The molecule has 3 N–H and O–H groups in total. The lowest BCUT2D eigenvalue weighted by Gasteiger charge is -2.36. The number of aliphatic imine (C=N–C) groups is 1. The Morgan fingerprint density at radius 1 is 1.30 bits per heavy atom. The van der Waals surface area contributed by atoms with Gasteiger partial charge in [0.15, 0.2) is 5.96 Å². The summed E-state index contributed by atoms with van der Waals surface area (Å²) in [5, 5.41) is 3.12. The van der Waals surface area contributed by atoms with E-state index in [4.69, 9.17) is 15.2 Å². The maximum Gasteiger partial charge on any atom is 0.193 e. The third-order valence-electron chi connectivity index (χ3n) is 4.10. The number of methoxy groups -OCH3 is 1. The van der Waals surface area contributed by atoms with Crippen molar-refractivity contribution in [2.45, 2.75) is 19.9 Å². The van der Waals surface area contributed by atoms with Gasteiger partial charge in [-0.25, -0.2) is 0 Å². The predicted octanol–water partition coefficient (Wildman–Crippen LogP) is 1.78. The fraction of sp³-hybridized carbons (Fsp3) is 0.588. The number of ether oxygens (including phenoxy) is 2. The monoisotopic (exact) mass is 320 g/mol. The Morgan fingerprint density at radius 2 is 1.96 bits per heavy atom. The number of rotatable bonds is 6. The van der Waals surface area contributed by atoms with Crippen LogP contribution in [0.4, 0.5) is 5.69 Å². The summed E-state index contributed by atoms with van der Waals surface area (Å²) in [5.74, 6) is 1.78. The molecule has 1 atom stereocenters. The van der Waals surface area contributed by atoms with Crippen molar-refractivity contribution in [2.24, 2.45) is 16.6 Å². The number of anilines is 1. The van der Waals surface area contributed by atoms with Crippen LogP contribution in [0.5, 0.6) is 5.75 Å². The van der Waals surface area contributed by atoms with Crippen LogP contribution in [0.15, 0.2) is 29.3 Å². The number of hydrogen-bond donors (Lipinski definition) is 2. The lowest BCUT2D eigenvalue weighted by atomic mass is 10.0. The molecule has 1 saturated heterocycles. The van der Waals surface area contributed by atoms with Gasteiger partial charge in [0, 0.05) is 24.8 Å². The van der Waals surface area contributed by atoms with Crippen molar-refractivity contribution in [2.75, 3.05) is 45.3 Å². The van der Waals surface area contributed by atoms with Crippen LogP contribution in [0.25, 0.3) is 0 Å². The van der Waals surface area contributed by atoms with Gasteiger partial charge in [-0.2, -0.15) is 0 Å². The topological polar surface area (TPSA) is 72.1 Å². The molecular formula is C17H28N4O2. The molecule has 2 rings (SSSR count).